The SMILES string of the molecule is CCOc1ccc(/C(O)=C2/C(=O)C(=O)N(CCN(CC)CC)C2c2ccc(OC)cc2)cc1C(C)(C)C. The number of methoxy groups -OCH3 is 1. The minimum Gasteiger partial charge on any atom is -0.507 e. The van der Waals surface area contributed by atoms with E-state index < -0.39 is 17.7 Å². The molecule has 1 aliphatic heterocycles. The molecular formula is C30H40N2O5. The van der Waals surface area contributed by atoms with Crippen LogP contribution in [-0.2, 0) is 15.0 Å². The number of hydrogen-bond donors (Lipinski definition) is 1. The lowest BCUT2D eigenvalue weighted by atomic mass is 9.84. The molecule has 1 fully saturated rings. The minimum absolute atomic E-state index is 0.0960. The molecule has 37 heavy (non-hydrogen) atoms. The summed E-state index contributed by atoms with van der Waals surface area (Å²) in [5, 5.41) is 11.5. The monoisotopic (exact) mass is 508 g/mol. The summed E-state index contributed by atoms with van der Waals surface area (Å²) in [6.07, 6.45) is 0. The number of likely N-dealkylation sites (N-methyl/N-ethyl adjacent to an activating group) is 1. The minimum atomic E-state index is -0.703. The Bertz CT molecular complexity index is 1140. The van der Waals surface area contributed by atoms with Crippen LogP contribution in [0.1, 0.15) is 64.3 Å². The molecule has 3 rings (SSSR count). The zero-order valence-corrected chi connectivity index (χ0v) is 23.1. The molecule has 1 amide bonds. The first kappa shape index (κ1) is 28.3. The normalized spacial score (nSPS) is 17.5. The Morgan fingerprint density at radius 2 is 1.68 bits per heavy atom. The van der Waals surface area contributed by atoms with Gasteiger partial charge < -0.3 is 24.4 Å². The number of nitrogens with zero attached hydrogens (tertiary/aromatic N) is 2. The van der Waals surface area contributed by atoms with E-state index in [9.17, 15) is 14.7 Å². The highest BCUT2D eigenvalue weighted by molar-refractivity contribution is 6.46. The van der Waals surface area contributed by atoms with Crippen LogP contribution < -0.4 is 9.47 Å². The molecule has 7 nitrogen and oxygen atoms in total. The van der Waals surface area contributed by atoms with Gasteiger partial charge in [0.15, 0.2) is 0 Å². The first-order chi connectivity index (χ1) is 17.6. The van der Waals surface area contributed by atoms with Crippen molar-refractivity contribution in [2.45, 2.75) is 53.0 Å². The predicted octanol–water partition coefficient (Wildman–Crippen LogP) is 5.15. The Morgan fingerprint density at radius 1 is 1.03 bits per heavy atom. The summed E-state index contributed by atoms with van der Waals surface area (Å²) in [5.41, 5.74) is 1.97. The number of Topliss-reactive ketones (excluding diaryl/α,β-unsaturated/α-hetero) is 1. The van der Waals surface area contributed by atoms with E-state index in [-0.39, 0.29) is 16.7 Å². The number of ether oxygens (including phenoxy) is 2. The fourth-order valence-electron chi connectivity index (χ4n) is 4.73. The third-order valence-electron chi connectivity index (χ3n) is 6.88. The maximum atomic E-state index is 13.4. The summed E-state index contributed by atoms with van der Waals surface area (Å²) < 4.78 is 11.1. The molecule has 1 N–H and O–H groups in total. The summed E-state index contributed by atoms with van der Waals surface area (Å²) in [6.45, 7) is 15.5. The van der Waals surface area contributed by atoms with Crippen LogP contribution in [0.3, 0.4) is 0 Å². The van der Waals surface area contributed by atoms with Gasteiger partial charge in [0.2, 0.25) is 0 Å². The van der Waals surface area contributed by atoms with Crippen LogP contribution in [0.25, 0.3) is 5.76 Å². The van der Waals surface area contributed by atoms with E-state index in [1.807, 2.05) is 31.2 Å². The number of benzene rings is 2. The van der Waals surface area contributed by atoms with Crippen molar-refractivity contribution >= 4 is 17.4 Å². The van der Waals surface area contributed by atoms with Crippen LogP contribution in [0.15, 0.2) is 48.0 Å². The number of likely N-dealkylation sites (tertiary alicyclic amines) is 1. The summed E-state index contributed by atoms with van der Waals surface area (Å²) in [6, 6.07) is 12.0. The van der Waals surface area contributed by atoms with Crippen molar-refractivity contribution in [2.24, 2.45) is 0 Å². The van der Waals surface area contributed by atoms with Gasteiger partial charge in [0.05, 0.1) is 25.3 Å². The number of hydrogen-bond acceptors (Lipinski definition) is 6. The van der Waals surface area contributed by atoms with Gasteiger partial charge in [-0.05, 0) is 61.3 Å². The number of ketones is 1. The molecule has 1 atom stereocenters. The number of aliphatic hydroxyl groups is 1. The Labute approximate surface area is 220 Å². The van der Waals surface area contributed by atoms with E-state index >= 15 is 0 Å². The second-order valence-electron chi connectivity index (χ2n) is 10.2. The second kappa shape index (κ2) is 11.8. The maximum Gasteiger partial charge on any atom is 0.295 e. The predicted molar refractivity (Wildman–Crippen MR) is 146 cm³/mol. The van der Waals surface area contributed by atoms with E-state index in [1.165, 1.54) is 0 Å². The molecule has 0 aromatic heterocycles. The molecule has 0 spiro atoms. The number of aliphatic hydroxyl groups excluding tert-OH is 1. The standard InChI is InChI=1S/C30H40N2O5/c1-8-31(9-2)17-18-32-26(20-11-14-22(36-7)15-12-20)25(28(34)29(32)35)27(33)21-13-16-24(37-10-3)23(19-21)30(4,5)6/h11-16,19,26,33H,8-10,17-18H2,1-7H3/b27-25-. The molecule has 0 saturated carbocycles. The fraction of sp³-hybridized carbons (Fsp3) is 0.467. The highest BCUT2D eigenvalue weighted by Gasteiger charge is 2.46. The highest BCUT2D eigenvalue weighted by Crippen LogP contribution is 2.41. The summed E-state index contributed by atoms with van der Waals surface area (Å²) in [7, 11) is 1.59. The number of amides is 1. The second-order valence-corrected chi connectivity index (χ2v) is 10.2. The van der Waals surface area contributed by atoms with Crippen LogP contribution in [-0.4, -0.2) is 66.5 Å². The Kier molecular flexibility index (Phi) is 9.02. The summed E-state index contributed by atoms with van der Waals surface area (Å²) >= 11 is 0. The van der Waals surface area contributed by atoms with Gasteiger partial charge in [-0.2, -0.15) is 0 Å². The number of rotatable bonds is 10. The molecule has 2 aromatic carbocycles. The smallest absolute Gasteiger partial charge is 0.295 e. The number of carbonyl (C=O) groups is 2. The first-order valence-electron chi connectivity index (χ1n) is 13.0. The van der Waals surface area contributed by atoms with Gasteiger partial charge >= 0.3 is 0 Å². The van der Waals surface area contributed by atoms with Gasteiger partial charge in [-0.1, -0.05) is 46.8 Å². The third-order valence-corrected chi connectivity index (χ3v) is 6.88. The van der Waals surface area contributed by atoms with Gasteiger partial charge in [-0.25, -0.2) is 0 Å². The lowest BCUT2D eigenvalue weighted by molar-refractivity contribution is -0.140. The van der Waals surface area contributed by atoms with Crippen LogP contribution in [0.2, 0.25) is 0 Å². The Hall–Kier alpha value is -3.32. The van der Waals surface area contributed by atoms with Gasteiger partial charge in [0, 0.05) is 24.2 Å². The largest absolute Gasteiger partial charge is 0.507 e. The van der Waals surface area contributed by atoms with Gasteiger partial charge in [-0.3, -0.25) is 9.59 Å². The summed E-state index contributed by atoms with van der Waals surface area (Å²) in [5.74, 6) is -0.0540. The van der Waals surface area contributed by atoms with E-state index in [1.54, 1.807) is 30.2 Å². The Morgan fingerprint density at radius 3 is 2.22 bits per heavy atom. The van der Waals surface area contributed by atoms with Crippen LogP contribution in [0.4, 0.5) is 0 Å². The van der Waals surface area contributed by atoms with E-state index in [0.717, 1.165) is 30.0 Å². The average Bonchev–Trinajstić information content (AvgIpc) is 3.13. The van der Waals surface area contributed by atoms with Crippen molar-refractivity contribution in [3.63, 3.8) is 0 Å². The van der Waals surface area contributed by atoms with E-state index in [0.29, 0.717) is 31.0 Å². The molecule has 2 aromatic rings. The van der Waals surface area contributed by atoms with Crippen molar-refractivity contribution < 1.29 is 24.2 Å². The van der Waals surface area contributed by atoms with Crippen molar-refractivity contribution in [1.82, 2.24) is 9.80 Å². The molecule has 1 saturated heterocycles. The zero-order chi connectivity index (χ0) is 27.3. The van der Waals surface area contributed by atoms with Crippen LogP contribution in [0.5, 0.6) is 11.5 Å². The zero-order valence-electron chi connectivity index (χ0n) is 23.1. The van der Waals surface area contributed by atoms with Gasteiger partial charge in [0.25, 0.3) is 11.7 Å². The molecule has 1 heterocycles. The van der Waals surface area contributed by atoms with Crippen LogP contribution in [0, 0.1) is 0 Å². The lowest BCUT2D eigenvalue weighted by Gasteiger charge is -2.28. The van der Waals surface area contributed by atoms with Crippen molar-refractivity contribution in [2.75, 3.05) is 39.9 Å². The fourth-order valence-corrected chi connectivity index (χ4v) is 4.73. The topological polar surface area (TPSA) is 79.3 Å². The molecule has 0 aliphatic carbocycles. The molecule has 7 heteroatoms. The summed E-state index contributed by atoms with van der Waals surface area (Å²) in [4.78, 5) is 30.5. The highest BCUT2D eigenvalue weighted by atomic mass is 16.5. The first-order valence-corrected chi connectivity index (χ1v) is 13.0. The maximum absolute atomic E-state index is 13.4. The molecule has 1 unspecified atom stereocenters. The van der Waals surface area contributed by atoms with Gasteiger partial charge in [-0.15, -0.1) is 0 Å². The van der Waals surface area contributed by atoms with Crippen molar-refractivity contribution in [1.29, 1.82) is 0 Å². The molecule has 0 radical (unpaired) electrons. The molecular weight excluding hydrogens is 468 g/mol. The van der Waals surface area contributed by atoms with Crippen molar-refractivity contribution in [3.05, 3.63) is 64.7 Å². The van der Waals surface area contributed by atoms with E-state index in [2.05, 4.69) is 39.5 Å². The van der Waals surface area contributed by atoms with Crippen molar-refractivity contribution in [3.8, 4) is 11.5 Å². The molecule has 200 valence electrons. The lowest BCUT2D eigenvalue weighted by Crippen LogP contribution is -2.38. The number of carbonyl (C=O) groups excluding carboxylic acids is 2. The molecule has 1 aliphatic rings. The van der Waals surface area contributed by atoms with Gasteiger partial charge in [0.1, 0.15) is 17.3 Å². The van der Waals surface area contributed by atoms with E-state index in [4.69, 9.17) is 9.47 Å². The third kappa shape index (κ3) is 5.99. The quantitative estimate of drug-likeness (QED) is 0.272. The Balaban J connectivity index is 2.16. The average molecular weight is 509 g/mol. The molecule has 0 bridgehead atoms. The van der Waals surface area contributed by atoms with Crippen LogP contribution >= 0.6 is 0 Å².